The molecule has 1 aliphatic heterocycles. The Morgan fingerprint density at radius 2 is 1.93 bits per heavy atom. The first-order valence-corrected chi connectivity index (χ1v) is 9.64. The smallest absolute Gasteiger partial charge is 0.341 e. The summed E-state index contributed by atoms with van der Waals surface area (Å²) in [5.74, 6) is 0.256. The monoisotopic (exact) mass is 399 g/mol. The van der Waals surface area contributed by atoms with E-state index >= 15 is 0 Å². The first-order valence-electron chi connectivity index (χ1n) is 9.64. The summed E-state index contributed by atoms with van der Waals surface area (Å²) in [4.78, 5) is 23.9. The zero-order valence-electron chi connectivity index (χ0n) is 17.0. The van der Waals surface area contributed by atoms with Crippen LogP contribution in [0, 0.1) is 5.41 Å². The summed E-state index contributed by atoms with van der Waals surface area (Å²) in [5, 5.41) is 9.37. The molecule has 2 aliphatic rings. The van der Waals surface area contributed by atoms with Gasteiger partial charge in [-0.05, 0) is 23.1 Å². The van der Waals surface area contributed by atoms with Gasteiger partial charge in [-0.1, -0.05) is 13.8 Å². The maximum atomic E-state index is 12.4. The van der Waals surface area contributed by atoms with Crippen LogP contribution in [-0.2, 0) is 4.74 Å². The summed E-state index contributed by atoms with van der Waals surface area (Å²) >= 11 is 0. The van der Waals surface area contributed by atoms with E-state index in [1.807, 2.05) is 16.7 Å². The summed E-state index contributed by atoms with van der Waals surface area (Å²) in [7, 11) is 3.24. The number of ether oxygens (including phenoxy) is 3. The second-order valence-electron chi connectivity index (χ2n) is 8.18. The minimum absolute atomic E-state index is 0.0627. The van der Waals surface area contributed by atoms with E-state index in [9.17, 15) is 14.7 Å². The molecule has 154 valence electrons. The molecule has 1 saturated carbocycles. The molecule has 1 aliphatic carbocycles. The van der Waals surface area contributed by atoms with Crippen LogP contribution in [0.1, 0.15) is 48.1 Å². The van der Waals surface area contributed by atoms with Crippen molar-refractivity contribution >= 4 is 5.97 Å². The maximum Gasteiger partial charge on any atom is 0.341 e. The highest BCUT2D eigenvalue weighted by Gasteiger charge is 2.62. The zero-order chi connectivity index (χ0) is 20.9. The highest BCUT2D eigenvalue weighted by molar-refractivity contribution is 5.88. The summed E-state index contributed by atoms with van der Waals surface area (Å²) < 4.78 is 18.5. The van der Waals surface area contributed by atoms with Crippen LogP contribution in [0.25, 0.3) is 11.3 Å². The number of aromatic nitrogens is 1. The Bertz CT molecular complexity index is 1040. The number of benzene rings is 1. The SMILES string of the molecule is COCCCOc1cc2c(cc1OC)-c1cc(=O)c(C(=O)O)cn1C1C2C1(C)C. The number of rotatable bonds is 7. The summed E-state index contributed by atoms with van der Waals surface area (Å²) in [6.45, 7) is 5.44. The van der Waals surface area contributed by atoms with Crippen molar-refractivity contribution in [3.05, 3.63) is 45.7 Å². The van der Waals surface area contributed by atoms with Crippen molar-refractivity contribution < 1.29 is 24.1 Å². The Morgan fingerprint density at radius 1 is 1.17 bits per heavy atom. The first kappa shape index (κ1) is 19.5. The summed E-state index contributed by atoms with van der Waals surface area (Å²) in [6, 6.07) is 5.41. The van der Waals surface area contributed by atoms with Gasteiger partial charge in [0.2, 0.25) is 0 Å². The van der Waals surface area contributed by atoms with Gasteiger partial charge in [0.1, 0.15) is 5.56 Å². The molecule has 1 fully saturated rings. The molecule has 2 aromatic rings. The minimum atomic E-state index is -1.21. The standard InChI is InChI=1S/C22H25NO6/c1-22(2)19-13-9-18(29-7-5-6-27-3)17(28-4)8-12(13)15-10-16(24)14(21(25)26)11-23(15)20(19)22/h8-11,19-20H,5-7H2,1-4H3,(H,25,26). The second-order valence-corrected chi connectivity index (χ2v) is 8.18. The van der Waals surface area contributed by atoms with Gasteiger partial charge in [-0.2, -0.15) is 0 Å². The van der Waals surface area contributed by atoms with E-state index in [-0.39, 0.29) is 22.9 Å². The van der Waals surface area contributed by atoms with Crippen LogP contribution in [0.2, 0.25) is 0 Å². The third-order valence-electron chi connectivity index (χ3n) is 6.08. The highest BCUT2D eigenvalue weighted by atomic mass is 16.5. The van der Waals surface area contributed by atoms with Gasteiger partial charge in [0, 0.05) is 49.9 Å². The summed E-state index contributed by atoms with van der Waals surface area (Å²) in [6.07, 6.45) is 2.25. The van der Waals surface area contributed by atoms with Gasteiger partial charge in [0.25, 0.3) is 0 Å². The van der Waals surface area contributed by atoms with E-state index < -0.39 is 11.4 Å². The van der Waals surface area contributed by atoms with Crippen molar-refractivity contribution in [2.45, 2.75) is 32.2 Å². The molecule has 7 heteroatoms. The molecule has 0 bridgehead atoms. The Hall–Kier alpha value is -2.80. The maximum absolute atomic E-state index is 12.4. The molecule has 29 heavy (non-hydrogen) atoms. The number of hydrogen-bond acceptors (Lipinski definition) is 5. The average molecular weight is 399 g/mol. The molecule has 1 aromatic carbocycles. The van der Waals surface area contributed by atoms with Gasteiger partial charge in [0.15, 0.2) is 16.9 Å². The van der Waals surface area contributed by atoms with Crippen LogP contribution in [-0.4, -0.2) is 43.1 Å². The predicted octanol–water partition coefficient (Wildman–Crippen LogP) is 3.32. The van der Waals surface area contributed by atoms with Crippen LogP contribution in [0.4, 0.5) is 0 Å². The largest absolute Gasteiger partial charge is 0.493 e. The molecule has 0 radical (unpaired) electrons. The third-order valence-corrected chi connectivity index (χ3v) is 6.08. The lowest BCUT2D eigenvalue weighted by Crippen LogP contribution is -2.20. The number of fused-ring (bicyclic) bond motifs is 6. The quantitative estimate of drug-likeness (QED) is 0.719. The molecule has 0 amide bonds. The summed E-state index contributed by atoms with van der Waals surface area (Å²) in [5.41, 5.74) is 1.93. The van der Waals surface area contributed by atoms with E-state index in [0.717, 1.165) is 17.5 Å². The second kappa shape index (κ2) is 6.91. The van der Waals surface area contributed by atoms with E-state index in [0.29, 0.717) is 30.4 Å². The van der Waals surface area contributed by atoms with Gasteiger partial charge in [-0.15, -0.1) is 0 Å². The van der Waals surface area contributed by atoms with Crippen molar-refractivity contribution in [2.75, 3.05) is 27.4 Å². The average Bonchev–Trinajstić information content (AvgIpc) is 3.26. The fourth-order valence-corrected chi connectivity index (χ4v) is 4.57. The number of methoxy groups -OCH3 is 2. The van der Waals surface area contributed by atoms with E-state index in [1.165, 1.54) is 12.3 Å². The van der Waals surface area contributed by atoms with Crippen LogP contribution in [0.3, 0.4) is 0 Å². The van der Waals surface area contributed by atoms with Gasteiger partial charge < -0.3 is 23.9 Å². The molecular formula is C22H25NO6. The van der Waals surface area contributed by atoms with E-state index in [1.54, 1.807) is 14.2 Å². The topological polar surface area (TPSA) is 87.0 Å². The molecule has 4 rings (SSSR count). The van der Waals surface area contributed by atoms with Gasteiger partial charge >= 0.3 is 5.97 Å². The van der Waals surface area contributed by atoms with Crippen LogP contribution in [0.5, 0.6) is 11.5 Å². The van der Waals surface area contributed by atoms with Crippen molar-refractivity contribution in [1.29, 1.82) is 0 Å². The number of carbonyl (C=O) groups is 1. The van der Waals surface area contributed by atoms with Crippen molar-refractivity contribution in [3.63, 3.8) is 0 Å². The number of carboxylic acids is 1. The molecule has 1 N–H and O–H groups in total. The molecule has 2 atom stereocenters. The molecule has 0 spiro atoms. The van der Waals surface area contributed by atoms with Crippen LogP contribution in [0.15, 0.2) is 29.2 Å². The minimum Gasteiger partial charge on any atom is -0.493 e. The molecule has 7 nitrogen and oxygen atoms in total. The van der Waals surface area contributed by atoms with Crippen LogP contribution < -0.4 is 14.9 Å². The Kier molecular flexibility index (Phi) is 4.65. The lowest BCUT2D eigenvalue weighted by atomic mass is 9.93. The zero-order valence-corrected chi connectivity index (χ0v) is 17.0. The van der Waals surface area contributed by atoms with Crippen molar-refractivity contribution in [2.24, 2.45) is 5.41 Å². The van der Waals surface area contributed by atoms with Gasteiger partial charge in [-0.3, -0.25) is 4.79 Å². The van der Waals surface area contributed by atoms with E-state index in [2.05, 4.69) is 13.8 Å². The number of nitrogens with zero attached hydrogens (tertiary/aromatic N) is 1. The number of aromatic carboxylic acids is 1. The first-order chi connectivity index (χ1) is 13.8. The lowest BCUT2D eigenvalue weighted by Gasteiger charge is -2.24. The van der Waals surface area contributed by atoms with E-state index in [4.69, 9.17) is 14.2 Å². The fourth-order valence-electron chi connectivity index (χ4n) is 4.57. The van der Waals surface area contributed by atoms with Gasteiger partial charge in [0.05, 0.1) is 19.4 Å². The number of pyridine rings is 1. The number of hydrogen-bond donors (Lipinski definition) is 1. The molecule has 2 unspecified atom stereocenters. The normalized spacial score (nSPS) is 20.3. The predicted molar refractivity (Wildman–Crippen MR) is 107 cm³/mol. The van der Waals surface area contributed by atoms with Gasteiger partial charge in [-0.25, -0.2) is 4.79 Å². The molecule has 2 heterocycles. The van der Waals surface area contributed by atoms with Crippen LogP contribution >= 0.6 is 0 Å². The Labute approximate surface area is 168 Å². The number of carboxylic acid groups (broad SMARTS) is 1. The fraction of sp³-hybridized carbons (Fsp3) is 0.455. The highest BCUT2D eigenvalue weighted by Crippen LogP contribution is 2.71. The van der Waals surface area contributed by atoms with Crippen molar-refractivity contribution in [1.82, 2.24) is 4.57 Å². The molecule has 1 aromatic heterocycles. The third kappa shape index (κ3) is 3.00. The van der Waals surface area contributed by atoms with Crippen molar-refractivity contribution in [3.8, 4) is 22.8 Å². The molecular weight excluding hydrogens is 374 g/mol. The molecule has 0 saturated heterocycles. The Balaban J connectivity index is 1.84. The lowest BCUT2D eigenvalue weighted by molar-refractivity contribution is 0.0694. The Morgan fingerprint density at radius 3 is 2.59 bits per heavy atom.